The first-order chi connectivity index (χ1) is 14.7. The molecule has 0 bridgehead atoms. The lowest BCUT2D eigenvalue weighted by Crippen LogP contribution is -2.33. The van der Waals surface area contributed by atoms with Crippen LogP contribution in [0.25, 0.3) is 10.8 Å². The number of hydrogen-bond donors (Lipinski definition) is 1. The molecule has 30 heavy (non-hydrogen) atoms. The molecule has 1 aliphatic rings. The molecule has 3 heterocycles. The van der Waals surface area contributed by atoms with E-state index in [1.165, 1.54) is 0 Å². The number of anilines is 1. The van der Waals surface area contributed by atoms with Gasteiger partial charge in [-0.2, -0.15) is 0 Å². The first-order valence-corrected chi connectivity index (χ1v) is 10.9. The van der Waals surface area contributed by atoms with Crippen LogP contribution in [-0.2, 0) is 11.3 Å². The molecule has 1 aromatic carbocycles. The molecule has 0 atom stereocenters. The lowest BCUT2D eigenvalue weighted by molar-refractivity contribution is -0.117. The summed E-state index contributed by atoms with van der Waals surface area (Å²) in [5.41, 5.74) is 0.679. The van der Waals surface area contributed by atoms with Crippen LogP contribution in [0.2, 0.25) is 0 Å². The van der Waals surface area contributed by atoms with Crippen LogP contribution in [0.15, 0.2) is 40.1 Å². The van der Waals surface area contributed by atoms with Crippen LogP contribution in [0.5, 0.6) is 11.5 Å². The molecule has 0 saturated carbocycles. The minimum Gasteiger partial charge on any atom is -0.490 e. The van der Waals surface area contributed by atoms with E-state index in [4.69, 9.17) is 13.9 Å². The summed E-state index contributed by atoms with van der Waals surface area (Å²) in [6.45, 7) is 4.69. The Morgan fingerprint density at radius 1 is 1.20 bits per heavy atom. The minimum absolute atomic E-state index is 0.115. The van der Waals surface area contributed by atoms with Gasteiger partial charge in [0.15, 0.2) is 11.5 Å². The summed E-state index contributed by atoms with van der Waals surface area (Å²) in [6.07, 6.45) is 1.75. The van der Waals surface area contributed by atoms with Gasteiger partial charge in [0.05, 0.1) is 31.2 Å². The van der Waals surface area contributed by atoms with E-state index in [0.29, 0.717) is 48.7 Å². The van der Waals surface area contributed by atoms with Gasteiger partial charge < -0.3 is 19.2 Å². The second kappa shape index (κ2) is 9.73. The molecular weight excluding hydrogens is 404 g/mol. The number of aromatic nitrogens is 2. The van der Waals surface area contributed by atoms with Crippen LogP contribution in [0.4, 0.5) is 5.69 Å². The van der Waals surface area contributed by atoms with E-state index in [2.05, 4.69) is 22.4 Å². The minimum atomic E-state index is -0.115. The highest BCUT2D eigenvalue weighted by atomic mass is 32.1. The van der Waals surface area contributed by atoms with Crippen LogP contribution in [-0.4, -0.2) is 47.3 Å². The van der Waals surface area contributed by atoms with Crippen molar-refractivity contribution >= 4 is 22.9 Å². The number of benzene rings is 1. The Morgan fingerprint density at radius 2 is 2.07 bits per heavy atom. The number of thiophene rings is 1. The fourth-order valence-corrected chi connectivity index (χ4v) is 3.83. The SMILES string of the molecule is CCCN(CC(=O)Nc1ccc2c(c1)OCCCO2)Cc1nnc(-c2cccs2)o1. The lowest BCUT2D eigenvalue weighted by atomic mass is 10.2. The topological polar surface area (TPSA) is 89.7 Å². The molecule has 1 amide bonds. The monoisotopic (exact) mass is 428 g/mol. The van der Waals surface area contributed by atoms with Gasteiger partial charge in [-0.25, -0.2) is 0 Å². The van der Waals surface area contributed by atoms with Gasteiger partial charge in [0.25, 0.3) is 5.89 Å². The maximum Gasteiger partial charge on any atom is 0.257 e. The van der Waals surface area contributed by atoms with E-state index < -0.39 is 0 Å². The number of carbonyl (C=O) groups is 1. The van der Waals surface area contributed by atoms with E-state index in [1.807, 2.05) is 34.5 Å². The highest BCUT2D eigenvalue weighted by molar-refractivity contribution is 7.13. The molecule has 4 rings (SSSR count). The number of nitrogens with one attached hydrogen (secondary N) is 1. The zero-order valence-electron chi connectivity index (χ0n) is 16.8. The number of ether oxygens (including phenoxy) is 2. The molecule has 158 valence electrons. The lowest BCUT2D eigenvalue weighted by Gasteiger charge is -2.19. The number of rotatable bonds is 8. The van der Waals surface area contributed by atoms with Crippen LogP contribution in [0, 0.1) is 0 Å². The molecule has 0 spiro atoms. The third-order valence-corrected chi connectivity index (χ3v) is 5.35. The van der Waals surface area contributed by atoms with Crippen molar-refractivity contribution < 1.29 is 18.7 Å². The Bertz CT molecular complexity index is 973. The maximum atomic E-state index is 12.6. The molecular formula is C21H24N4O4S. The molecule has 1 N–H and O–H groups in total. The fraction of sp³-hybridized carbons (Fsp3) is 0.381. The Balaban J connectivity index is 1.37. The summed E-state index contributed by atoms with van der Waals surface area (Å²) in [7, 11) is 0. The maximum absolute atomic E-state index is 12.6. The first kappa shape index (κ1) is 20.4. The summed E-state index contributed by atoms with van der Waals surface area (Å²) in [5, 5.41) is 13.1. The average molecular weight is 429 g/mol. The van der Waals surface area contributed by atoms with Crippen molar-refractivity contribution in [2.75, 3.05) is 31.6 Å². The Labute approximate surface area is 178 Å². The highest BCUT2D eigenvalue weighted by Crippen LogP contribution is 2.32. The van der Waals surface area contributed by atoms with Crippen LogP contribution in [0.1, 0.15) is 25.7 Å². The van der Waals surface area contributed by atoms with Crippen LogP contribution >= 0.6 is 11.3 Å². The molecule has 1 aliphatic heterocycles. The molecule has 0 radical (unpaired) electrons. The van der Waals surface area contributed by atoms with E-state index in [-0.39, 0.29) is 12.5 Å². The smallest absolute Gasteiger partial charge is 0.257 e. The molecule has 2 aromatic heterocycles. The quantitative estimate of drug-likeness (QED) is 0.583. The summed E-state index contributed by atoms with van der Waals surface area (Å²) in [5.74, 6) is 2.25. The third-order valence-electron chi connectivity index (χ3n) is 4.50. The van der Waals surface area contributed by atoms with E-state index in [9.17, 15) is 4.79 Å². The molecule has 9 heteroatoms. The van der Waals surface area contributed by atoms with Gasteiger partial charge in [-0.3, -0.25) is 9.69 Å². The number of carbonyl (C=O) groups excluding carboxylic acids is 1. The van der Waals surface area contributed by atoms with Gasteiger partial charge in [0, 0.05) is 18.2 Å². The van der Waals surface area contributed by atoms with Crippen molar-refractivity contribution in [1.82, 2.24) is 15.1 Å². The molecule has 0 fully saturated rings. The zero-order valence-corrected chi connectivity index (χ0v) is 17.6. The van der Waals surface area contributed by atoms with Gasteiger partial charge in [0.1, 0.15) is 0 Å². The molecule has 8 nitrogen and oxygen atoms in total. The third kappa shape index (κ3) is 5.17. The second-order valence-electron chi connectivity index (χ2n) is 6.95. The van der Waals surface area contributed by atoms with Crippen molar-refractivity contribution in [3.05, 3.63) is 41.6 Å². The molecule has 0 saturated heterocycles. The Kier molecular flexibility index (Phi) is 6.60. The van der Waals surface area contributed by atoms with Gasteiger partial charge in [-0.15, -0.1) is 21.5 Å². The van der Waals surface area contributed by atoms with Crippen molar-refractivity contribution in [2.45, 2.75) is 26.3 Å². The second-order valence-corrected chi connectivity index (χ2v) is 7.90. The predicted molar refractivity (Wildman–Crippen MR) is 114 cm³/mol. The first-order valence-electron chi connectivity index (χ1n) is 9.99. The molecule has 0 unspecified atom stereocenters. The standard InChI is InChI=1S/C21H24N4O4S/c1-2-8-25(14-20-23-24-21(29-20)18-5-3-11-30-18)13-19(26)22-15-6-7-16-17(12-15)28-10-4-9-27-16/h3,5-7,11-12H,2,4,8-10,13-14H2,1H3,(H,22,26). The van der Waals surface area contributed by atoms with Gasteiger partial charge in [-0.05, 0) is 36.5 Å². The molecule has 3 aromatic rings. The van der Waals surface area contributed by atoms with Gasteiger partial charge in [-0.1, -0.05) is 13.0 Å². The Morgan fingerprint density at radius 3 is 2.87 bits per heavy atom. The largest absolute Gasteiger partial charge is 0.490 e. The average Bonchev–Trinajstić information content (AvgIpc) is 3.36. The fourth-order valence-electron chi connectivity index (χ4n) is 3.18. The normalized spacial score (nSPS) is 13.3. The summed E-state index contributed by atoms with van der Waals surface area (Å²) in [6, 6.07) is 9.32. The van der Waals surface area contributed by atoms with Crippen molar-refractivity contribution in [2.24, 2.45) is 0 Å². The van der Waals surface area contributed by atoms with E-state index >= 15 is 0 Å². The number of nitrogens with zero attached hydrogens (tertiary/aromatic N) is 3. The van der Waals surface area contributed by atoms with Crippen molar-refractivity contribution in [3.63, 3.8) is 0 Å². The number of amides is 1. The highest BCUT2D eigenvalue weighted by Gasteiger charge is 2.17. The van der Waals surface area contributed by atoms with Crippen LogP contribution in [0.3, 0.4) is 0 Å². The van der Waals surface area contributed by atoms with Gasteiger partial charge >= 0.3 is 0 Å². The summed E-state index contributed by atoms with van der Waals surface area (Å²) < 4.78 is 17.1. The predicted octanol–water partition coefficient (Wildman–Crippen LogP) is 3.81. The summed E-state index contributed by atoms with van der Waals surface area (Å²) >= 11 is 1.55. The van der Waals surface area contributed by atoms with Crippen LogP contribution < -0.4 is 14.8 Å². The van der Waals surface area contributed by atoms with Crippen molar-refractivity contribution in [3.8, 4) is 22.3 Å². The number of fused-ring (bicyclic) bond motifs is 1. The van der Waals surface area contributed by atoms with E-state index in [0.717, 1.165) is 24.3 Å². The summed E-state index contributed by atoms with van der Waals surface area (Å²) in [4.78, 5) is 15.5. The van der Waals surface area contributed by atoms with Crippen molar-refractivity contribution in [1.29, 1.82) is 0 Å². The van der Waals surface area contributed by atoms with E-state index in [1.54, 1.807) is 17.4 Å². The number of hydrogen-bond acceptors (Lipinski definition) is 8. The zero-order chi connectivity index (χ0) is 20.8. The Hall–Kier alpha value is -2.91. The van der Waals surface area contributed by atoms with Gasteiger partial charge in [0.2, 0.25) is 11.8 Å². The molecule has 0 aliphatic carbocycles.